The zero-order valence-electron chi connectivity index (χ0n) is 10.6. The maximum absolute atomic E-state index is 12.6. The first kappa shape index (κ1) is 16.9. The second-order valence-electron chi connectivity index (χ2n) is 4.24. The number of aliphatic hydroxyl groups is 1. The summed E-state index contributed by atoms with van der Waals surface area (Å²) in [6.07, 6.45) is 0. The van der Waals surface area contributed by atoms with Gasteiger partial charge in [-0.25, -0.2) is 8.42 Å². The quantitative estimate of drug-likeness (QED) is 0.722. The molecule has 0 aliphatic carbocycles. The molecule has 1 rings (SSSR count). The van der Waals surface area contributed by atoms with E-state index in [1.54, 1.807) is 19.9 Å². The molecule has 1 aromatic carbocycles. The summed E-state index contributed by atoms with van der Waals surface area (Å²) in [6, 6.07) is 2.89. The molecule has 3 N–H and O–H groups in total. The average molecular weight is 416 g/mol. The van der Waals surface area contributed by atoms with Crippen LogP contribution in [0.15, 0.2) is 26.0 Å². The van der Waals surface area contributed by atoms with Gasteiger partial charge in [0.15, 0.2) is 0 Å². The van der Waals surface area contributed by atoms with Crippen LogP contribution in [-0.2, 0) is 10.0 Å². The van der Waals surface area contributed by atoms with Crippen molar-refractivity contribution in [3.05, 3.63) is 21.1 Å². The third-order valence-electron chi connectivity index (χ3n) is 2.50. The molecule has 108 valence electrons. The van der Waals surface area contributed by atoms with E-state index in [2.05, 4.69) is 31.9 Å². The highest BCUT2D eigenvalue weighted by Crippen LogP contribution is 2.34. The Morgan fingerprint density at radius 2 is 1.95 bits per heavy atom. The lowest BCUT2D eigenvalue weighted by molar-refractivity contribution is 0.236. The van der Waals surface area contributed by atoms with Crippen LogP contribution in [0, 0.1) is 0 Å². The Morgan fingerprint density at radius 1 is 1.37 bits per heavy atom. The second kappa shape index (κ2) is 6.53. The Balaban J connectivity index is 3.42. The largest absolute Gasteiger partial charge is 0.398 e. The SMILES string of the molecule is CC(C)N(CCO)S(=O)(=O)c1c(N)cc(Br)cc1Br. The van der Waals surface area contributed by atoms with Crippen molar-refractivity contribution >= 4 is 47.6 Å². The molecule has 0 unspecified atom stereocenters. The molecule has 0 atom stereocenters. The Labute approximate surface area is 130 Å². The van der Waals surface area contributed by atoms with Crippen molar-refractivity contribution in [3.8, 4) is 0 Å². The first-order chi connectivity index (χ1) is 8.71. The highest BCUT2D eigenvalue weighted by atomic mass is 79.9. The predicted octanol–water partition coefficient (Wildman–Crippen LogP) is 2.19. The van der Waals surface area contributed by atoms with Gasteiger partial charge in [0.05, 0.1) is 12.3 Å². The molecule has 1 aromatic rings. The van der Waals surface area contributed by atoms with E-state index >= 15 is 0 Å². The van der Waals surface area contributed by atoms with Crippen LogP contribution in [0.1, 0.15) is 13.8 Å². The molecule has 0 fully saturated rings. The lowest BCUT2D eigenvalue weighted by atomic mass is 10.3. The van der Waals surface area contributed by atoms with Crippen LogP contribution in [-0.4, -0.2) is 37.0 Å². The minimum atomic E-state index is -3.76. The number of nitrogen functional groups attached to an aromatic ring is 1. The van der Waals surface area contributed by atoms with Crippen LogP contribution < -0.4 is 5.73 Å². The zero-order chi connectivity index (χ0) is 14.8. The number of rotatable bonds is 5. The van der Waals surface area contributed by atoms with E-state index in [0.717, 1.165) is 0 Å². The fourth-order valence-electron chi connectivity index (χ4n) is 1.72. The van der Waals surface area contributed by atoms with Crippen molar-refractivity contribution in [1.29, 1.82) is 0 Å². The Kier molecular flexibility index (Phi) is 5.81. The standard InChI is InChI=1S/C11H16Br2N2O3S/c1-7(2)15(3-4-16)19(17,18)11-9(13)5-8(12)6-10(11)14/h5-7,16H,3-4,14H2,1-2H3. The molecular weight excluding hydrogens is 400 g/mol. The van der Waals surface area contributed by atoms with Crippen molar-refractivity contribution in [2.45, 2.75) is 24.8 Å². The van der Waals surface area contributed by atoms with Gasteiger partial charge in [0.2, 0.25) is 10.0 Å². The third-order valence-corrected chi connectivity index (χ3v) is 6.04. The fraction of sp³-hybridized carbons (Fsp3) is 0.455. The summed E-state index contributed by atoms with van der Waals surface area (Å²) >= 11 is 6.48. The van der Waals surface area contributed by atoms with Crippen LogP contribution in [0.25, 0.3) is 0 Å². The highest BCUT2D eigenvalue weighted by molar-refractivity contribution is 9.11. The molecule has 0 aromatic heterocycles. The van der Waals surface area contributed by atoms with Crippen molar-refractivity contribution in [2.75, 3.05) is 18.9 Å². The lowest BCUT2D eigenvalue weighted by Gasteiger charge is -2.26. The van der Waals surface area contributed by atoms with Gasteiger partial charge in [-0.2, -0.15) is 4.31 Å². The molecule has 0 aliphatic heterocycles. The summed E-state index contributed by atoms with van der Waals surface area (Å²) in [5, 5.41) is 9.02. The number of sulfonamides is 1. The Morgan fingerprint density at radius 3 is 2.37 bits per heavy atom. The molecule has 0 saturated carbocycles. The van der Waals surface area contributed by atoms with Gasteiger partial charge in [-0.3, -0.25) is 0 Å². The zero-order valence-corrected chi connectivity index (χ0v) is 14.6. The van der Waals surface area contributed by atoms with Crippen molar-refractivity contribution in [3.63, 3.8) is 0 Å². The molecule has 0 amide bonds. The number of nitrogens with two attached hydrogens (primary N) is 1. The number of aliphatic hydroxyl groups excluding tert-OH is 1. The number of benzene rings is 1. The molecule has 0 radical (unpaired) electrons. The maximum atomic E-state index is 12.6. The minimum absolute atomic E-state index is 0.0258. The summed E-state index contributed by atoms with van der Waals surface area (Å²) in [5.74, 6) is 0. The van der Waals surface area contributed by atoms with Crippen LogP contribution >= 0.6 is 31.9 Å². The van der Waals surface area contributed by atoms with E-state index < -0.39 is 10.0 Å². The number of halogens is 2. The number of hydrogen-bond donors (Lipinski definition) is 2. The maximum Gasteiger partial charge on any atom is 0.246 e. The monoisotopic (exact) mass is 414 g/mol. The van der Waals surface area contributed by atoms with Crippen LogP contribution in [0.3, 0.4) is 0 Å². The predicted molar refractivity (Wildman–Crippen MR) is 82.4 cm³/mol. The average Bonchev–Trinajstić information content (AvgIpc) is 2.22. The molecule has 8 heteroatoms. The molecule has 0 heterocycles. The summed E-state index contributed by atoms with van der Waals surface area (Å²) in [7, 11) is -3.76. The van der Waals surface area contributed by atoms with Crippen LogP contribution in [0.4, 0.5) is 5.69 Å². The van der Waals surface area contributed by atoms with Gasteiger partial charge in [-0.1, -0.05) is 15.9 Å². The second-order valence-corrected chi connectivity index (χ2v) is 7.84. The van der Waals surface area contributed by atoms with E-state index in [-0.39, 0.29) is 29.8 Å². The first-order valence-electron chi connectivity index (χ1n) is 5.59. The first-order valence-corrected chi connectivity index (χ1v) is 8.61. The van der Waals surface area contributed by atoms with E-state index in [4.69, 9.17) is 10.8 Å². The minimum Gasteiger partial charge on any atom is -0.398 e. The smallest absolute Gasteiger partial charge is 0.246 e. The number of nitrogens with zero attached hydrogens (tertiary/aromatic N) is 1. The number of anilines is 1. The van der Waals surface area contributed by atoms with E-state index in [0.29, 0.717) is 8.95 Å². The Hall–Kier alpha value is -0.150. The summed E-state index contributed by atoms with van der Waals surface area (Å²) in [5.41, 5.74) is 5.97. The van der Waals surface area contributed by atoms with Gasteiger partial charge in [-0.05, 0) is 41.9 Å². The van der Waals surface area contributed by atoms with Crippen molar-refractivity contribution < 1.29 is 13.5 Å². The Bertz CT molecular complexity index is 538. The lowest BCUT2D eigenvalue weighted by Crippen LogP contribution is -2.39. The summed E-state index contributed by atoms with van der Waals surface area (Å²) < 4.78 is 27.5. The molecule has 0 spiro atoms. The van der Waals surface area contributed by atoms with Crippen LogP contribution in [0.5, 0.6) is 0 Å². The highest BCUT2D eigenvalue weighted by Gasteiger charge is 2.30. The molecule has 0 saturated heterocycles. The molecule has 5 nitrogen and oxygen atoms in total. The third kappa shape index (κ3) is 3.69. The van der Waals surface area contributed by atoms with Gasteiger partial charge in [0.25, 0.3) is 0 Å². The normalized spacial score (nSPS) is 12.4. The summed E-state index contributed by atoms with van der Waals surface area (Å²) in [4.78, 5) is 0.0258. The molecular formula is C11H16Br2N2O3S. The van der Waals surface area contributed by atoms with E-state index in [1.807, 2.05) is 0 Å². The van der Waals surface area contributed by atoms with Gasteiger partial charge < -0.3 is 10.8 Å². The fourth-order valence-corrected chi connectivity index (χ4v) is 5.37. The van der Waals surface area contributed by atoms with Crippen LogP contribution in [0.2, 0.25) is 0 Å². The van der Waals surface area contributed by atoms with E-state index in [9.17, 15) is 8.42 Å². The number of hydrogen-bond acceptors (Lipinski definition) is 4. The van der Waals surface area contributed by atoms with Gasteiger partial charge in [-0.15, -0.1) is 0 Å². The van der Waals surface area contributed by atoms with Gasteiger partial charge in [0.1, 0.15) is 4.90 Å². The van der Waals surface area contributed by atoms with Gasteiger partial charge >= 0.3 is 0 Å². The van der Waals surface area contributed by atoms with Crippen molar-refractivity contribution in [1.82, 2.24) is 4.31 Å². The molecule has 0 bridgehead atoms. The molecule has 0 aliphatic rings. The van der Waals surface area contributed by atoms with E-state index in [1.165, 1.54) is 10.4 Å². The topological polar surface area (TPSA) is 83.6 Å². The summed E-state index contributed by atoms with van der Waals surface area (Å²) in [6.45, 7) is 3.28. The van der Waals surface area contributed by atoms with Gasteiger partial charge in [0, 0.05) is 21.5 Å². The molecule has 19 heavy (non-hydrogen) atoms. The van der Waals surface area contributed by atoms with Crippen molar-refractivity contribution in [2.24, 2.45) is 0 Å².